The number of nitrogens with zero attached hydrogens (tertiary/aromatic N) is 2. The molecule has 0 radical (unpaired) electrons. The Balaban J connectivity index is 1.76. The number of aliphatic carboxylic acids is 1. The summed E-state index contributed by atoms with van der Waals surface area (Å²) in [6.07, 6.45) is 1.54. The lowest BCUT2D eigenvalue weighted by Crippen LogP contribution is -2.45. The number of rotatable bonds is 3. The molecule has 2 amide bonds. The molecule has 7 heteroatoms. The Morgan fingerprint density at radius 3 is 2.70 bits per heavy atom. The number of carboxylic acids is 1. The van der Waals surface area contributed by atoms with Crippen LogP contribution in [0.1, 0.15) is 19.3 Å². The number of carbonyl (C=O) groups is 3. The highest BCUT2D eigenvalue weighted by Gasteiger charge is 2.44. The summed E-state index contributed by atoms with van der Waals surface area (Å²) < 4.78 is 0.864. The molecule has 6 nitrogen and oxygen atoms in total. The normalized spacial score (nSPS) is 24.3. The Morgan fingerprint density at radius 2 is 2.00 bits per heavy atom. The molecule has 1 aromatic rings. The van der Waals surface area contributed by atoms with Crippen LogP contribution in [0.2, 0.25) is 0 Å². The second-order valence-electron chi connectivity index (χ2n) is 5.84. The summed E-state index contributed by atoms with van der Waals surface area (Å²) in [5.74, 6) is -2.36. The number of carboxylic acid groups (broad SMARTS) is 1. The lowest BCUT2D eigenvalue weighted by Gasteiger charge is -2.24. The predicted molar refractivity (Wildman–Crippen MR) is 87.0 cm³/mol. The van der Waals surface area contributed by atoms with E-state index in [9.17, 15) is 19.5 Å². The zero-order valence-corrected chi connectivity index (χ0v) is 14.0. The van der Waals surface area contributed by atoms with Gasteiger partial charge in [-0.3, -0.25) is 9.59 Å². The van der Waals surface area contributed by atoms with E-state index in [0.717, 1.165) is 10.2 Å². The maximum absolute atomic E-state index is 12.6. The van der Waals surface area contributed by atoms with Crippen molar-refractivity contribution in [2.45, 2.75) is 25.3 Å². The summed E-state index contributed by atoms with van der Waals surface area (Å²) in [5.41, 5.74) is 0.746. The van der Waals surface area contributed by atoms with Gasteiger partial charge in [-0.15, -0.1) is 0 Å². The maximum Gasteiger partial charge on any atom is 0.326 e. The molecule has 1 N–H and O–H groups in total. The van der Waals surface area contributed by atoms with Crippen molar-refractivity contribution in [1.82, 2.24) is 4.90 Å². The highest BCUT2D eigenvalue weighted by molar-refractivity contribution is 9.10. The lowest BCUT2D eigenvalue weighted by molar-refractivity contribution is -0.151. The fraction of sp³-hybridized carbons (Fsp3) is 0.438. The standard InChI is InChI=1S/C16H17BrN2O4/c17-10-3-1-4-11(9-10)18-8-6-12(14(18)20)15(21)19-7-2-5-13(19)16(22)23/h1,3-4,9,12-13H,2,5-8H2,(H,22,23)/t12?,13-/m0/s1. The van der Waals surface area contributed by atoms with Crippen molar-refractivity contribution in [2.75, 3.05) is 18.0 Å². The van der Waals surface area contributed by atoms with Gasteiger partial charge < -0.3 is 14.9 Å². The molecule has 23 heavy (non-hydrogen) atoms. The van der Waals surface area contributed by atoms with Gasteiger partial charge in [-0.1, -0.05) is 22.0 Å². The monoisotopic (exact) mass is 380 g/mol. The number of halogens is 1. The molecule has 2 atom stereocenters. The molecular weight excluding hydrogens is 364 g/mol. The van der Waals surface area contributed by atoms with Gasteiger partial charge >= 0.3 is 5.97 Å². The molecule has 2 heterocycles. The van der Waals surface area contributed by atoms with Gasteiger partial charge in [0.1, 0.15) is 12.0 Å². The summed E-state index contributed by atoms with van der Waals surface area (Å²) in [5, 5.41) is 9.21. The van der Waals surface area contributed by atoms with Gasteiger partial charge in [-0.2, -0.15) is 0 Å². The van der Waals surface area contributed by atoms with Gasteiger partial charge in [0.15, 0.2) is 0 Å². The molecule has 2 aliphatic heterocycles. The van der Waals surface area contributed by atoms with E-state index in [-0.39, 0.29) is 11.8 Å². The average molecular weight is 381 g/mol. The number of benzene rings is 1. The zero-order chi connectivity index (χ0) is 16.6. The molecule has 1 aromatic carbocycles. The molecule has 0 aromatic heterocycles. The van der Waals surface area contributed by atoms with E-state index >= 15 is 0 Å². The van der Waals surface area contributed by atoms with Crippen LogP contribution in [0.4, 0.5) is 5.69 Å². The van der Waals surface area contributed by atoms with Crippen LogP contribution in [0.25, 0.3) is 0 Å². The van der Waals surface area contributed by atoms with Gasteiger partial charge in [0.2, 0.25) is 11.8 Å². The molecular formula is C16H17BrN2O4. The highest BCUT2D eigenvalue weighted by Crippen LogP contribution is 2.30. The van der Waals surface area contributed by atoms with E-state index in [2.05, 4.69) is 15.9 Å². The van der Waals surface area contributed by atoms with Crippen molar-refractivity contribution >= 4 is 39.4 Å². The highest BCUT2D eigenvalue weighted by atomic mass is 79.9. The molecule has 3 rings (SSSR count). The van der Waals surface area contributed by atoms with Crippen LogP contribution in [-0.2, 0) is 14.4 Å². The van der Waals surface area contributed by atoms with Crippen molar-refractivity contribution < 1.29 is 19.5 Å². The van der Waals surface area contributed by atoms with Gasteiger partial charge in [-0.25, -0.2) is 4.79 Å². The quantitative estimate of drug-likeness (QED) is 0.812. The zero-order valence-electron chi connectivity index (χ0n) is 12.4. The van der Waals surface area contributed by atoms with Crippen LogP contribution in [0, 0.1) is 5.92 Å². The van der Waals surface area contributed by atoms with Crippen LogP contribution in [0.3, 0.4) is 0 Å². The van der Waals surface area contributed by atoms with Crippen LogP contribution in [0.15, 0.2) is 28.7 Å². The third-order valence-corrected chi connectivity index (χ3v) is 4.94. The van der Waals surface area contributed by atoms with Gasteiger partial charge in [-0.05, 0) is 37.5 Å². The van der Waals surface area contributed by atoms with Gasteiger partial charge in [0, 0.05) is 23.2 Å². The van der Waals surface area contributed by atoms with E-state index in [4.69, 9.17) is 0 Å². The summed E-state index contributed by atoms with van der Waals surface area (Å²) >= 11 is 3.37. The minimum Gasteiger partial charge on any atom is -0.480 e. The molecule has 122 valence electrons. The molecule has 2 saturated heterocycles. The third-order valence-electron chi connectivity index (χ3n) is 4.44. The van der Waals surface area contributed by atoms with E-state index in [1.165, 1.54) is 4.90 Å². The van der Waals surface area contributed by atoms with E-state index < -0.39 is 17.9 Å². The van der Waals surface area contributed by atoms with Crippen molar-refractivity contribution in [3.8, 4) is 0 Å². The molecule has 0 bridgehead atoms. The molecule has 2 fully saturated rings. The molecule has 0 saturated carbocycles. The number of anilines is 1. The molecule has 0 aliphatic carbocycles. The lowest BCUT2D eigenvalue weighted by atomic mass is 10.1. The Morgan fingerprint density at radius 1 is 1.22 bits per heavy atom. The smallest absolute Gasteiger partial charge is 0.326 e. The summed E-state index contributed by atoms with van der Waals surface area (Å²) in [7, 11) is 0. The van der Waals surface area contributed by atoms with Crippen molar-refractivity contribution in [1.29, 1.82) is 0 Å². The fourth-order valence-corrected chi connectivity index (χ4v) is 3.68. The first-order valence-corrected chi connectivity index (χ1v) is 8.38. The topological polar surface area (TPSA) is 77.9 Å². The number of likely N-dealkylation sites (tertiary alicyclic amines) is 1. The Labute approximate surface area is 142 Å². The van der Waals surface area contributed by atoms with Crippen molar-refractivity contribution in [3.63, 3.8) is 0 Å². The fourth-order valence-electron chi connectivity index (χ4n) is 3.30. The van der Waals surface area contributed by atoms with Crippen LogP contribution in [0.5, 0.6) is 0 Å². The molecule has 2 aliphatic rings. The van der Waals surface area contributed by atoms with E-state index in [0.29, 0.717) is 32.4 Å². The average Bonchev–Trinajstić information content (AvgIpc) is 3.13. The minimum atomic E-state index is -0.995. The number of hydrogen-bond donors (Lipinski definition) is 1. The van der Waals surface area contributed by atoms with Crippen molar-refractivity contribution in [2.24, 2.45) is 5.92 Å². The number of hydrogen-bond acceptors (Lipinski definition) is 3. The third kappa shape index (κ3) is 2.97. The summed E-state index contributed by atoms with van der Waals surface area (Å²) in [6.45, 7) is 0.883. The van der Waals surface area contributed by atoms with Crippen LogP contribution >= 0.6 is 15.9 Å². The maximum atomic E-state index is 12.6. The van der Waals surface area contributed by atoms with Gasteiger partial charge in [0.25, 0.3) is 0 Å². The van der Waals surface area contributed by atoms with E-state index in [1.54, 1.807) is 4.90 Å². The summed E-state index contributed by atoms with van der Waals surface area (Å²) in [4.78, 5) is 39.4. The summed E-state index contributed by atoms with van der Waals surface area (Å²) in [6, 6.07) is 6.57. The first kappa shape index (κ1) is 16.0. The first-order chi connectivity index (χ1) is 11.0. The number of carbonyl (C=O) groups excluding carboxylic acids is 2. The number of amides is 2. The van der Waals surface area contributed by atoms with Crippen molar-refractivity contribution in [3.05, 3.63) is 28.7 Å². The van der Waals surface area contributed by atoms with Crippen LogP contribution < -0.4 is 4.90 Å². The van der Waals surface area contributed by atoms with E-state index in [1.807, 2.05) is 24.3 Å². The second-order valence-corrected chi connectivity index (χ2v) is 6.75. The molecule has 1 unspecified atom stereocenters. The predicted octanol–water partition coefficient (Wildman–Crippen LogP) is 1.88. The second kappa shape index (κ2) is 6.31. The van der Waals surface area contributed by atoms with Crippen LogP contribution in [-0.4, -0.2) is 46.9 Å². The largest absolute Gasteiger partial charge is 0.480 e. The minimum absolute atomic E-state index is 0.246. The first-order valence-electron chi connectivity index (χ1n) is 7.59. The Hall–Kier alpha value is -1.89. The SMILES string of the molecule is O=C(O)[C@@H]1CCCN1C(=O)C1CCN(c2cccc(Br)c2)C1=O. The van der Waals surface area contributed by atoms with Gasteiger partial charge in [0.05, 0.1) is 0 Å². The Kier molecular flexibility index (Phi) is 4.39. The Bertz CT molecular complexity index is 663. The molecule has 0 spiro atoms.